The summed E-state index contributed by atoms with van der Waals surface area (Å²) in [5, 5.41) is 4.11. The predicted octanol–water partition coefficient (Wildman–Crippen LogP) is -0.381. The second kappa shape index (κ2) is 5.38. The number of hydrogen-bond donors (Lipinski definition) is 2. The molecule has 0 spiro atoms. The summed E-state index contributed by atoms with van der Waals surface area (Å²) in [6.07, 6.45) is 6.10. The molecular formula is C11H20N4O2S. The Morgan fingerprint density at radius 3 is 2.94 bits per heavy atom. The highest BCUT2D eigenvalue weighted by Gasteiger charge is 2.29. The molecule has 18 heavy (non-hydrogen) atoms. The Balaban J connectivity index is 1.90. The molecule has 1 aromatic rings. The largest absolute Gasteiger partial charge is 0.276 e. The molecule has 2 rings (SSSR count). The van der Waals surface area contributed by atoms with Crippen LogP contribution < -0.4 is 11.3 Å². The molecule has 1 saturated heterocycles. The minimum atomic E-state index is -2.80. The normalized spacial score (nSPS) is 24.2. The Morgan fingerprint density at radius 2 is 2.44 bits per heavy atom. The number of nitrogens with two attached hydrogens (primary N) is 1. The molecule has 2 unspecified atom stereocenters. The summed E-state index contributed by atoms with van der Waals surface area (Å²) in [5.74, 6) is 6.40. The molecule has 0 aliphatic carbocycles. The van der Waals surface area contributed by atoms with Gasteiger partial charge in [-0.25, -0.2) is 8.42 Å². The van der Waals surface area contributed by atoms with Crippen LogP contribution in [0, 0.1) is 5.92 Å². The number of aromatic nitrogens is 2. The van der Waals surface area contributed by atoms with E-state index in [0.717, 1.165) is 24.8 Å². The average molecular weight is 272 g/mol. The van der Waals surface area contributed by atoms with Crippen molar-refractivity contribution in [2.45, 2.75) is 25.3 Å². The quantitative estimate of drug-likeness (QED) is 0.563. The number of rotatable bonds is 5. The highest BCUT2D eigenvalue weighted by molar-refractivity contribution is 7.91. The molecule has 1 aliphatic rings. The van der Waals surface area contributed by atoms with Gasteiger partial charge in [0.25, 0.3) is 0 Å². The van der Waals surface area contributed by atoms with Gasteiger partial charge in [-0.3, -0.25) is 16.0 Å². The van der Waals surface area contributed by atoms with Crippen LogP contribution >= 0.6 is 0 Å². The van der Waals surface area contributed by atoms with Gasteiger partial charge in [-0.15, -0.1) is 0 Å². The van der Waals surface area contributed by atoms with E-state index in [1.807, 2.05) is 19.4 Å². The SMILES string of the molecule is Cn1cc(CC(CC2CCS(=O)(=O)C2)NN)cn1. The molecule has 1 aliphatic heterocycles. The van der Waals surface area contributed by atoms with Gasteiger partial charge in [-0.2, -0.15) is 5.10 Å². The Labute approximate surface area is 107 Å². The summed E-state index contributed by atoms with van der Waals surface area (Å²) in [6, 6.07) is 0.104. The van der Waals surface area contributed by atoms with Crippen LogP contribution in [0.1, 0.15) is 18.4 Å². The van der Waals surface area contributed by atoms with E-state index >= 15 is 0 Å². The van der Waals surface area contributed by atoms with Crippen molar-refractivity contribution in [1.29, 1.82) is 0 Å². The zero-order valence-corrected chi connectivity index (χ0v) is 11.4. The number of nitrogens with one attached hydrogen (secondary N) is 1. The average Bonchev–Trinajstić information content (AvgIpc) is 2.84. The lowest BCUT2D eigenvalue weighted by atomic mass is 9.96. The van der Waals surface area contributed by atoms with Crippen molar-refractivity contribution >= 4 is 9.84 Å². The Bertz CT molecular complexity index is 497. The molecule has 0 saturated carbocycles. The third kappa shape index (κ3) is 3.54. The molecule has 0 bridgehead atoms. The topological polar surface area (TPSA) is 90.0 Å². The molecule has 2 atom stereocenters. The Kier molecular flexibility index (Phi) is 4.04. The summed E-state index contributed by atoms with van der Waals surface area (Å²) in [4.78, 5) is 0. The zero-order chi connectivity index (χ0) is 13.2. The van der Waals surface area contributed by atoms with Gasteiger partial charge in [0.05, 0.1) is 17.7 Å². The van der Waals surface area contributed by atoms with E-state index in [9.17, 15) is 8.42 Å². The van der Waals surface area contributed by atoms with Crippen molar-refractivity contribution < 1.29 is 8.42 Å². The van der Waals surface area contributed by atoms with Crippen molar-refractivity contribution in [2.75, 3.05) is 11.5 Å². The molecule has 2 heterocycles. The van der Waals surface area contributed by atoms with E-state index in [0.29, 0.717) is 11.5 Å². The monoisotopic (exact) mass is 272 g/mol. The molecule has 102 valence electrons. The van der Waals surface area contributed by atoms with Crippen LogP contribution in [0.2, 0.25) is 0 Å². The van der Waals surface area contributed by atoms with Crippen LogP contribution in [0.25, 0.3) is 0 Å². The lowest BCUT2D eigenvalue weighted by Crippen LogP contribution is -2.38. The van der Waals surface area contributed by atoms with Crippen LogP contribution in [-0.2, 0) is 23.3 Å². The van der Waals surface area contributed by atoms with Crippen molar-refractivity contribution in [3.05, 3.63) is 18.0 Å². The van der Waals surface area contributed by atoms with E-state index in [4.69, 9.17) is 5.84 Å². The predicted molar refractivity (Wildman–Crippen MR) is 69.4 cm³/mol. The highest BCUT2D eigenvalue weighted by atomic mass is 32.2. The molecule has 1 fully saturated rings. The maximum absolute atomic E-state index is 11.4. The van der Waals surface area contributed by atoms with Gasteiger partial charge < -0.3 is 0 Å². The van der Waals surface area contributed by atoms with Gasteiger partial charge >= 0.3 is 0 Å². The molecule has 0 aromatic carbocycles. The lowest BCUT2D eigenvalue weighted by Gasteiger charge is -2.18. The summed E-state index contributed by atoms with van der Waals surface area (Å²) >= 11 is 0. The van der Waals surface area contributed by atoms with Crippen LogP contribution in [0.3, 0.4) is 0 Å². The van der Waals surface area contributed by atoms with Crippen molar-refractivity contribution in [2.24, 2.45) is 18.8 Å². The number of hydrazine groups is 1. The summed E-state index contributed by atoms with van der Waals surface area (Å²) in [5.41, 5.74) is 3.89. The maximum Gasteiger partial charge on any atom is 0.150 e. The second-order valence-electron chi connectivity index (χ2n) is 5.09. The third-order valence-corrected chi connectivity index (χ3v) is 5.26. The number of aryl methyl sites for hydroxylation is 1. The van der Waals surface area contributed by atoms with Crippen LogP contribution in [0.4, 0.5) is 0 Å². The molecule has 3 N–H and O–H groups in total. The zero-order valence-electron chi connectivity index (χ0n) is 10.5. The summed E-state index contributed by atoms with van der Waals surface area (Å²) in [7, 11) is -0.930. The molecule has 1 aromatic heterocycles. The second-order valence-corrected chi connectivity index (χ2v) is 7.32. The van der Waals surface area contributed by atoms with Crippen molar-refractivity contribution in [3.8, 4) is 0 Å². The molecule has 6 nitrogen and oxygen atoms in total. The first-order chi connectivity index (χ1) is 8.48. The summed E-state index contributed by atoms with van der Waals surface area (Å²) in [6.45, 7) is 0. The minimum Gasteiger partial charge on any atom is -0.276 e. The molecule has 0 radical (unpaired) electrons. The van der Waals surface area contributed by atoms with Gasteiger partial charge in [0.1, 0.15) is 0 Å². The van der Waals surface area contributed by atoms with E-state index in [1.54, 1.807) is 4.68 Å². The van der Waals surface area contributed by atoms with Crippen LogP contribution in [0.5, 0.6) is 0 Å². The van der Waals surface area contributed by atoms with Gasteiger partial charge in [0, 0.05) is 19.3 Å². The number of hydrogen-bond acceptors (Lipinski definition) is 5. The van der Waals surface area contributed by atoms with Gasteiger partial charge in [0.2, 0.25) is 0 Å². The van der Waals surface area contributed by atoms with Crippen molar-refractivity contribution in [1.82, 2.24) is 15.2 Å². The number of sulfone groups is 1. The third-order valence-electron chi connectivity index (χ3n) is 3.42. The first kappa shape index (κ1) is 13.5. The van der Waals surface area contributed by atoms with Crippen LogP contribution in [-0.4, -0.2) is 35.7 Å². The molecule has 7 heteroatoms. The number of nitrogens with zero attached hydrogens (tertiary/aromatic N) is 2. The van der Waals surface area contributed by atoms with Gasteiger partial charge in [-0.1, -0.05) is 0 Å². The summed E-state index contributed by atoms with van der Waals surface area (Å²) < 4.78 is 24.6. The molecular weight excluding hydrogens is 252 g/mol. The van der Waals surface area contributed by atoms with E-state index in [2.05, 4.69) is 10.5 Å². The molecule has 0 amide bonds. The van der Waals surface area contributed by atoms with E-state index < -0.39 is 9.84 Å². The smallest absolute Gasteiger partial charge is 0.150 e. The lowest BCUT2D eigenvalue weighted by molar-refractivity contribution is 0.408. The van der Waals surface area contributed by atoms with E-state index in [1.165, 1.54) is 0 Å². The first-order valence-corrected chi connectivity index (χ1v) is 7.95. The van der Waals surface area contributed by atoms with Gasteiger partial charge in [0.15, 0.2) is 9.84 Å². The fraction of sp³-hybridized carbons (Fsp3) is 0.727. The first-order valence-electron chi connectivity index (χ1n) is 6.12. The van der Waals surface area contributed by atoms with E-state index in [-0.39, 0.29) is 12.0 Å². The maximum atomic E-state index is 11.4. The highest BCUT2D eigenvalue weighted by Crippen LogP contribution is 2.23. The Morgan fingerprint density at radius 1 is 1.67 bits per heavy atom. The fourth-order valence-electron chi connectivity index (χ4n) is 2.53. The fourth-order valence-corrected chi connectivity index (χ4v) is 4.41. The van der Waals surface area contributed by atoms with Gasteiger partial charge in [-0.05, 0) is 30.7 Å². The minimum absolute atomic E-state index is 0.104. The standard InChI is InChI=1S/C11H20N4O2S/c1-15-7-10(6-13-15)5-11(14-12)4-9-2-3-18(16,17)8-9/h6-7,9,11,14H,2-5,8,12H2,1H3. The Hall–Kier alpha value is -0.920. The van der Waals surface area contributed by atoms with Crippen molar-refractivity contribution in [3.63, 3.8) is 0 Å². The van der Waals surface area contributed by atoms with Crippen LogP contribution in [0.15, 0.2) is 12.4 Å².